The van der Waals surface area contributed by atoms with E-state index in [9.17, 15) is 13.2 Å². The molecule has 2 atom stereocenters. The quantitative estimate of drug-likeness (QED) is 0.857. The maximum absolute atomic E-state index is 12.0. The zero-order chi connectivity index (χ0) is 18.0. The van der Waals surface area contributed by atoms with Gasteiger partial charge in [-0.15, -0.1) is 0 Å². The molecule has 0 saturated carbocycles. The van der Waals surface area contributed by atoms with Crippen LogP contribution in [0.4, 0.5) is 0 Å². The summed E-state index contributed by atoms with van der Waals surface area (Å²) >= 11 is 0. The van der Waals surface area contributed by atoms with Crippen LogP contribution in [0.15, 0.2) is 53.4 Å². The Balaban J connectivity index is 2.01. The fourth-order valence-corrected chi connectivity index (χ4v) is 3.70. The molecule has 1 aliphatic heterocycles. The molecule has 3 rings (SSSR count). The van der Waals surface area contributed by atoms with E-state index < -0.39 is 9.84 Å². The molecule has 132 valence electrons. The first-order valence-electron chi connectivity index (χ1n) is 8.25. The second kappa shape index (κ2) is 6.98. The molecular weight excluding hydrogens is 336 g/mol. The van der Waals surface area contributed by atoms with E-state index in [1.165, 1.54) is 6.26 Å². The Kier molecular flexibility index (Phi) is 4.92. The summed E-state index contributed by atoms with van der Waals surface area (Å²) < 4.78 is 23.8. The molecule has 6 heteroatoms. The third-order valence-corrected chi connectivity index (χ3v) is 5.56. The highest BCUT2D eigenvalue weighted by atomic mass is 32.2. The van der Waals surface area contributed by atoms with Gasteiger partial charge in [-0.1, -0.05) is 42.0 Å². The maximum Gasteiger partial charge on any atom is 0.237 e. The lowest BCUT2D eigenvalue weighted by atomic mass is 9.96. The third kappa shape index (κ3) is 4.08. The van der Waals surface area contributed by atoms with Crippen molar-refractivity contribution in [2.75, 3.05) is 12.8 Å². The zero-order valence-corrected chi connectivity index (χ0v) is 15.1. The van der Waals surface area contributed by atoms with E-state index in [0.717, 1.165) is 16.7 Å². The van der Waals surface area contributed by atoms with Crippen molar-refractivity contribution in [1.29, 1.82) is 0 Å². The SMILES string of the molecule is Cc1ccc([C@H](N[C@@H]2CCNC2=O)c2cccc(S(C)(=O)=O)c2)cc1. The van der Waals surface area contributed by atoms with Gasteiger partial charge in [0.25, 0.3) is 0 Å². The van der Waals surface area contributed by atoms with Gasteiger partial charge < -0.3 is 5.32 Å². The van der Waals surface area contributed by atoms with E-state index in [4.69, 9.17) is 0 Å². The Morgan fingerprint density at radius 1 is 1.12 bits per heavy atom. The van der Waals surface area contributed by atoms with Crippen molar-refractivity contribution in [1.82, 2.24) is 10.6 Å². The van der Waals surface area contributed by atoms with Crippen molar-refractivity contribution in [2.24, 2.45) is 0 Å². The van der Waals surface area contributed by atoms with Crippen molar-refractivity contribution >= 4 is 15.7 Å². The van der Waals surface area contributed by atoms with Crippen LogP contribution in [0.2, 0.25) is 0 Å². The summed E-state index contributed by atoms with van der Waals surface area (Å²) in [7, 11) is -3.29. The van der Waals surface area contributed by atoms with Crippen molar-refractivity contribution in [3.8, 4) is 0 Å². The van der Waals surface area contributed by atoms with Crippen LogP contribution in [0.5, 0.6) is 0 Å². The van der Waals surface area contributed by atoms with Gasteiger partial charge in [0.1, 0.15) is 0 Å². The molecule has 1 fully saturated rings. The van der Waals surface area contributed by atoms with Gasteiger partial charge in [0, 0.05) is 12.8 Å². The van der Waals surface area contributed by atoms with E-state index in [1.54, 1.807) is 18.2 Å². The number of rotatable bonds is 5. The fraction of sp³-hybridized carbons (Fsp3) is 0.316. The van der Waals surface area contributed by atoms with Gasteiger partial charge in [-0.05, 0) is 36.6 Å². The summed E-state index contributed by atoms with van der Waals surface area (Å²) in [5.41, 5.74) is 2.97. The third-order valence-electron chi connectivity index (χ3n) is 4.45. The number of aryl methyl sites for hydroxylation is 1. The summed E-state index contributed by atoms with van der Waals surface area (Å²) in [6, 6.07) is 14.4. The number of amides is 1. The van der Waals surface area contributed by atoms with E-state index >= 15 is 0 Å². The molecule has 0 bridgehead atoms. The molecule has 0 aromatic heterocycles. The molecule has 25 heavy (non-hydrogen) atoms. The molecule has 1 saturated heterocycles. The monoisotopic (exact) mass is 358 g/mol. The lowest BCUT2D eigenvalue weighted by Crippen LogP contribution is -2.39. The highest BCUT2D eigenvalue weighted by Crippen LogP contribution is 2.26. The molecule has 2 aromatic carbocycles. The highest BCUT2D eigenvalue weighted by Gasteiger charge is 2.28. The first-order valence-corrected chi connectivity index (χ1v) is 10.1. The summed E-state index contributed by atoms with van der Waals surface area (Å²) in [6.45, 7) is 2.67. The van der Waals surface area contributed by atoms with Crippen molar-refractivity contribution in [2.45, 2.75) is 30.3 Å². The Bertz CT molecular complexity index is 876. The summed E-state index contributed by atoms with van der Waals surface area (Å²) in [5, 5.41) is 6.21. The summed E-state index contributed by atoms with van der Waals surface area (Å²) in [5.74, 6) is -0.0172. The zero-order valence-electron chi connectivity index (χ0n) is 14.3. The van der Waals surface area contributed by atoms with Gasteiger partial charge >= 0.3 is 0 Å². The fourth-order valence-electron chi connectivity index (χ4n) is 3.02. The lowest BCUT2D eigenvalue weighted by molar-refractivity contribution is -0.121. The Morgan fingerprint density at radius 3 is 2.44 bits per heavy atom. The normalized spacial score (nSPS) is 18.8. The van der Waals surface area contributed by atoms with Crippen molar-refractivity contribution in [3.05, 3.63) is 65.2 Å². The van der Waals surface area contributed by atoms with Crippen LogP contribution in [0.25, 0.3) is 0 Å². The molecule has 5 nitrogen and oxygen atoms in total. The first kappa shape index (κ1) is 17.6. The van der Waals surface area contributed by atoms with Gasteiger partial charge in [0.05, 0.1) is 17.0 Å². The van der Waals surface area contributed by atoms with Gasteiger partial charge in [-0.3, -0.25) is 10.1 Å². The molecule has 0 radical (unpaired) electrons. The van der Waals surface area contributed by atoms with Crippen LogP contribution in [0.3, 0.4) is 0 Å². The molecule has 1 heterocycles. The molecule has 2 N–H and O–H groups in total. The Labute approximate surface area is 148 Å². The largest absolute Gasteiger partial charge is 0.355 e. The Hall–Kier alpha value is -2.18. The van der Waals surface area contributed by atoms with Crippen molar-refractivity contribution < 1.29 is 13.2 Å². The smallest absolute Gasteiger partial charge is 0.237 e. The maximum atomic E-state index is 12.0. The van der Waals surface area contributed by atoms with Crippen LogP contribution >= 0.6 is 0 Å². The van der Waals surface area contributed by atoms with Crippen LogP contribution < -0.4 is 10.6 Å². The minimum absolute atomic E-state index is 0.0172. The van der Waals surface area contributed by atoms with E-state index in [-0.39, 0.29) is 22.9 Å². The average Bonchev–Trinajstić information content (AvgIpc) is 2.98. The highest BCUT2D eigenvalue weighted by molar-refractivity contribution is 7.90. The summed E-state index contributed by atoms with van der Waals surface area (Å²) in [6.07, 6.45) is 1.91. The lowest BCUT2D eigenvalue weighted by Gasteiger charge is -2.23. The predicted octanol–water partition coefficient (Wildman–Crippen LogP) is 1.97. The second-order valence-electron chi connectivity index (χ2n) is 6.49. The number of hydrogen-bond donors (Lipinski definition) is 2. The van der Waals surface area contributed by atoms with Gasteiger partial charge in [0.15, 0.2) is 9.84 Å². The van der Waals surface area contributed by atoms with Crippen LogP contribution in [-0.2, 0) is 14.6 Å². The minimum Gasteiger partial charge on any atom is -0.355 e. The molecule has 0 unspecified atom stereocenters. The topological polar surface area (TPSA) is 75.3 Å². The predicted molar refractivity (Wildman–Crippen MR) is 97.1 cm³/mol. The Morgan fingerprint density at radius 2 is 1.84 bits per heavy atom. The van der Waals surface area contributed by atoms with Gasteiger partial charge in [-0.2, -0.15) is 0 Å². The van der Waals surface area contributed by atoms with Gasteiger partial charge in [0.2, 0.25) is 5.91 Å². The van der Waals surface area contributed by atoms with Crippen LogP contribution in [-0.4, -0.2) is 33.2 Å². The standard InChI is InChI=1S/C19H22N2O3S/c1-13-6-8-14(9-7-13)18(21-17-10-11-20-19(17)22)15-4-3-5-16(12-15)25(2,23)24/h3-9,12,17-18,21H,10-11H2,1-2H3,(H,20,22)/t17-,18+/m1/s1. The first-order chi connectivity index (χ1) is 11.8. The molecular formula is C19H22N2O3S. The van der Waals surface area contributed by atoms with Crippen LogP contribution in [0, 0.1) is 6.92 Å². The molecule has 1 amide bonds. The summed E-state index contributed by atoms with van der Waals surface area (Å²) in [4.78, 5) is 12.3. The van der Waals surface area contributed by atoms with Gasteiger partial charge in [-0.25, -0.2) is 8.42 Å². The number of carbonyl (C=O) groups is 1. The number of benzene rings is 2. The molecule has 1 aliphatic rings. The number of sulfone groups is 1. The number of carbonyl (C=O) groups excluding carboxylic acids is 1. The van der Waals surface area contributed by atoms with E-state index in [2.05, 4.69) is 10.6 Å². The molecule has 0 spiro atoms. The number of hydrogen-bond acceptors (Lipinski definition) is 4. The van der Waals surface area contributed by atoms with E-state index in [1.807, 2.05) is 37.3 Å². The average molecular weight is 358 g/mol. The second-order valence-corrected chi connectivity index (χ2v) is 8.50. The number of nitrogens with one attached hydrogen (secondary N) is 2. The van der Waals surface area contributed by atoms with E-state index in [0.29, 0.717) is 13.0 Å². The van der Waals surface area contributed by atoms with Crippen molar-refractivity contribution in [3.63, 3.8) is 0 Å². The molecule has 2 aromatic rings. The van der Waals surface area contributed by atoms with Crippen LogP contribution in [0.1, 0.15) is 29.2 Å². The molecule has 0 aliphatic carbocycles. The minimum atomic E-state index is -3.29.